The van der Waals surface area contributed by atoms with Gasteiger partial charge in [0.1, 0.15) is 11.3 Å². The molecule has 0 saturated carbocycles. The zero-order chi connectivity index (χ0) is 21.1. The van der Waals surface area contributed by atoms with E-state index in [1.54, 1.807) is 14.2 Å². The van der Waals surface area contributed by atoms with Crippen molar-refractivity contribution in [3.63, 3.8) is 0 Å². The summed E-state index contributed by atoms with van der Waals surface area (Å²) in [4.78, 5) is 8.76. The SMILES string of the molecule is COc1ccc(-c2c/c(=N/Nc3nc(C)cc(C)n3)c3ccccc3o2)cc1OC. The molecule has 2 aromatic heterocycles. The number of anilines is 1. The summed E-state index contributed by atoms with van der Waals surface area (Å²) in [6.45, 7) is 3.84. The standard InChI is InChI=1S/C23H22N4O3/c1-14-11-15(2)25-23(24-14)27-26-18-13-21(30-19-8-6-5-7-17(18)19)16-9-10-20(28-3)22(12-16)29-4/h5-13H,1-4H3,(H,24,25,27)/b26-18-. The molecule has 4 rings (SSSR count). The molecule has 1 N–H and O–H groups in total. The Kier molecular flexibility index (Phi) is 5.34. The molecule has 0 bridgehead atoms. The lowest BCUT2D eigenvalue weighted by molar-refractivity contribution is 0.355. The Morgan fingerprint density at radius 1 is 0.867 bits per heavy atom. The molecule has 2 heterocycles. The lowest BCUT2D eigenvalue weighted by Crippen LogP contribution is -2.09. The Hall–Kier alpha value is -3.87. The molecule has 0 spiro atoms. The number of aromatic nitrogens is 2. The minimum absolute atomic E-state index is 0.449. The largest absolute Gasteiger partial charge is 0.493 e. The number of aryl methyl sites for hydroxylation is 2. The molecule has 4 aromatic rings. The van der Waals surface area contributed by atoms with Crippen LogP contribution in [0.25, 0.3) is 22.3 Å². The Morgan fingerprint density at radius 3 is 2.33 bits per heavy atom. The number of benzene rings is 2. The van der Waals surface area contributed by atoms with Crippen molar-refractivity contribution >= 4 is 16.9 Å². The van der Waals surface area contributed by atoms with Crippen LogP contribution in [0.1, 0.15) is 11.4 Å². The first-order valence-electron chi connectivity index (χ1n) is 9.44. The van der Waals surface area contributed by atoms with E-state index in [4.69, 9.17) is 13.9 Å². The van der Waals surface area contributed by atoms with Gasteiger partial charge in [-0.1, -0.05) is 12.1 Å². The molecule has 0 fully saturated rings. The second kappa shape index (κ2) is 8.24. The van der Waals surface area contributed by atoms with Gasteiger partial charge in [0.25, 0.3) is 0 Å². The first-order chi connectivity index (χ1) is 14.6. The Morgan fingerprint density at radius 2 is 1.60 bits per heavy atom. The van der Waals surface area contributed by atoms with Crippen LogP contribution in [-0.2, 0) is 0 Å². The van der Waals surface area contributed by atoms with Gasteiger partial charge in [0.15, 0.2) is 11.5 Å². The van der Waals surface area contributed by atoms with Crippen molar-refractivity contribution in [1.82, 2.24) is 9.97 Å². The minimum Gasteiger partial charge on any atom is -0.493 e. The van der Waals surface area contributed by atoms with E-state index >= 15 is 0 Å². The normalized spacial score (nSPS) is 11.5. The smallest absolute Gasteiger partial charge is 0.243 e. The first kappa shape index (κ1) is 19.4. The Bertz CT molecular complexity index is 1260. The van der Waals surface area contributed by atoms with Crippen LogP contribution < -0.4 is 20.3 Å². The van der Waals surface area contributed by atoms with Gasteiger partial charge in [-0.3, -0.25) is 0 Å². The molecular weight excluding hydrogens is 380 g/mol. The predicted molar refractivity (Wildman–Crippen MR) is 115 cm³/mol. The monoisotopic (exact) mass is 402 g/mol. The molecule has 7 nitrogen and oxygen atoms in total. The molecule has 0 aliphatic heterocycles. The molecule has 30 heavy (non-hydrogen) atoms. The van der Waals surface area contributed by atoms with Crippen molar-refractivity contribution in [3.05, 3.63) is 71.3 Å². The average Bonchev–Trinajstić information content (AvgIpc) is 2.76. The van der Waals surface area contributed by atoms with Crippen LogP contribution in [0.2, 0.25) is 0 Å². The third kappa shape index (κ3) is 3.96. The van der Waals surface area contributed by atoms with Crippen molar-refractivity contribution in [2.75, 3.05) is 19.6 Å². The number of nitrogens with one attached hydrogen (secondary N) is 1. The van der Waals surface area contributed by atoms with Crippen molar-refractivity contribution < 1.29 is 13.9 Å². The van der Waals surface area contributed by atoms with Gasteiger partial charge >= 0.3 is 0 Å². The van der Waals surface area contributed by atoms with Crippen LogP contribution in [0.3, 0.4) is 0 Å². The lowest BCUT2D eigenvalue weighted by Gasteiger charge is -2.10. The van der Waals surface area contributed by atoms with Gasteiger partial charge in [-0.2, -0.15) is 5.10 Å². The maximum absolute atomic E-state index is 6.14. The van der Waals surface area contributed by atoms with Crippen LogP contribution in [0.5, 0.6) is 11.5 Å². The van der Waals surface area contributed by atoms with Gasteiger partial charge in [0.05, 0.1) is 19.6 Å². The summed E-state index contributed by atoms with van der Waals surface area (Å²) < 4.78 is 16.9. The zero-order valence-electron chi connectivity index (χ0n) is 17.3. The molecule has 0 unspecified atom stereocenters. The van der Waals surface area contributed by atoms with Crippen LogP contribution in [-0.4, -0.2) is 24.2 Å². The molecular formula is C23H22N4O3. The van der Waals surface area contributed by atoms with Crippen LogP contribution in [0.4, 0.5) is 5.95 Å². The summed E-state index contributed by atoms with van der Waals surface area (Å²) in [6, 6.07) is 17.2. The molecule has 0 aliphatic carbocycles. The number of hydrogen-bond donors (Lipinski definition) is 1. The molecule has 0 saturated heterocycles. The van der Waals surface area contributed by atoms with E-state index in [1.165, 1.54) is 0 Å². The van der Waals surface area contributed by atoms with Crippen LogP contribution in [0, 0.1) is 13.8 Å². The number of rotatable bonds is 5. The Balaban J connectivity index is 1.84. The van der Waals surface area contributed by atoms with E-state index in [0.717, 1.165) is 22.3 Å². The zero-order valence-corrected chi connectivity index (χ0v) is 17.3. The molecule has 0 atom stereocenters. The van der Waals surface area contributed by atoms with Gasteiger partial charge in [0, 0.05) is 28.4 Å². The van der Waals surface area contributed by atoms with Crippen molar-refractivity contribution in [1.29, 1.82) is 0 Å². The summed E-state index contributed by atoms with van der Waals surface area (Å²) in [6.07, 6.45) is 0. The van der Waals surface area contributed by atoms with Crippen LogP contribution in [0.15, 0.2) is 64.1 Å². The van der Waals surface area contributed by atoms with E-state index < -0.39 is 0 Å². The average molecular weight is 402 g/mol. The van der Waals surface area contributed by atoms with E-state index in [-0.39, 0.29) is 0 Å². The highest BCUT2D eigenvalue weighted by atomic mass is 16.5. The molecule has 0 radical (unpaired) electrons. The highest BCUT2D eigenvalue weighted by Crippen LogP contribution is 2.32. The number of methoxy groups -OCH3 is 2. The maximum Gasteiger partial charge on any atom is 0.243 e. The van der Waals surface area contributed by atoms with Gasteiger partial charge in [-0.25, -0.2) is 15.4 Å². The summed E-state index contributed by atoms with van der Waals surface area (Å²) in [7, 11) is 3.21. The highest BCUT2D eigenvalue weighted by molar-refractivity contribution is 5.78. The van der Waals surface area contributed by atoms with Gasteiger partial charge in [-0.05, 0) is 50.2 Å². The topological polar surface area (TPSA) is 81.8 Å². The third-order valence-corrected chi connectivity index (χ3v) is 4.58. The van der Waals surface area contributed by atoms with E-state index in [0.29, 0.717) is 34.1 Å². The van der Waals surface area contributed by atoms with Crippen molar-refractivity contribution in [2.24, 2.45) is 5.10 Å². The van der Waals surface area contributed by atoms with Crippen molar-refractivity contribution in [2.45, 2.75) is 13.8 Å². The summed E-state index contributed by atoms with van der Waals surface area (Å²) in [5.74, 6) is 2.38. The molecule has 7 heteroatoms. The second-order valence-electron chi connectivity index (χ2n) is 6.76. The minimum atomic E-state index is 0.449. The maximum atomic E-state index is 6.14. The fraction of sp³-hybridized carbons (Fsp3) is 0.174. The number of para-hydroxylation sites is 1. The predicted octanol–water partition coefficient (Wildman–Crippen LogP) is 4.45. The summed E-state index contributed by atoms with van der Waals surface area (Å²) >= 11 is 0. The first-order valence-corrected chi connectivity index (χ1v) is 9.44. The number of hydrogen-bond acceptors (Lipinski definition) is 7. The van der Waals surface area contributed by atoms with E-state index in [2.05, 4.69) is 20.5 Å². The van der Waals surface area contributed by atoms with Crippen LogP contribution >= 0.6 is 0 Å². The number of fused-ring (bicyclic) bond motifs is 1. The molecule has 2 aromatic carbocycles. The summed E-state index contributed by atoms with van der Waals surface area (Å²) in [5, 5.41) is 6.14. The number of ether oxygens (including phenoxy) is 2. The number of nitrogens with zero attached hydrogens (tertiary/aromatic N) is 3. The third-order valence-electron chi connectivity index (χ3n) is 4.58. The van der Waals surface area contributed by atoms with Gasteiger partial charge in [-0.15, -0.1) is 0 Å². The summed E-state index contributed by atoms with van der Waals surface area (Å²) in [5.41, 5.74) is 6.28. The van der Waals surface area contributed by atoms with Gasteiger partial charge < -0.3 is 13.9 Å². The van der Waals surface area contributed by atoms with Crippen molar-refractivity contribution in [3.8, 4) is 22.8 Å². The fourth-order valence-corrected chi connectivity index (χ4v) is 3.23. The highest BCUT2D eigenvalue weighted by Gasteiger charge is 2.10. The van der Waals surface area contributed by atoms with E-state index in [9.17, 15) is 0 Å². The van der Waals surface area contributed by atoms with E-state index in [1.807, 2.05) is 68.4 Å². The van der Waals surface area contributed by atoms with Gasteiger partial charge in [0.2, 0.25) is 5.95 Å². The lowest BCUT2D eigenvalue weighted by atomic mass is 10.1. The molecule has 152 valence electrons. The Labute approximate surface area is 174 Å². The quantitative estimate of drug-likeness (QED) is 0.497. The molecule has 0 amide bonds. The molecule has 0 aliphatic rings. The fourth-order valence-electron chi connectivity index (χ4n) is 3.23. The second-order valence-corrected chi connectivity index (χ2v) is 6.76.